The number of aromatic carboxylic acids is 1. The number of nitrogens with one attached hydrogen (secondary N) is 1. The molecule has 4 rings (SSSR count). The highest BCUT2D eigenvalue weighted by Crippen LogP contribution is 2.22. The largest absolute Gasteiger partial charge is 0.477 e. The highest BCUT2D eigenvalue weighted by atomic mass is 32.1. The maximum Gasteiger partial charge on any atom is 0.354 e. The molecule has 28 heavy (non-hydrogen) atoms. The molecule has 4 aromatic rings. The molecule has 2 N–H and O–H groups in total. The highest BCUT2D eigenvalue weighted by Gasteiger charge is 2.11. The summed E-state index contributed by atoms with van der Waals surface area (Å²) in [5.74, 6) is -1.30. The average Bonchev–Trinajstić information content (AvgIpc) is 3.21. The van der Waals surface area contributed by atoms with Crippen LogP contribution in [0.4, 0.5) is 0 Å². The number of nitrogens with zero attached hydrogens (tertiary/aromatic N) is 2. The third-order valence-corrected chi connectivity index (χ3v) is 5.18. The van der Waals surface area contributed by atoms with Gasteiger partial charge in [-0.3, -0.25) is 4.79 Å². The fraction of sp³-hybridized carbons (Fsp3) is 0.0476. The van der Waals surface area contributed by atoms with E-state index in [0.717, 1.165) is 15.8 Å². The number of aromatic nitrogens is 2. The SMILES string of the molecule is O=C(NCc1cccc2ncsc12)c1cccc(-c2cccc(C(=O)O)n2)c1. The fourth-order valence-electron chi connectivity index (χ4n) is 2.90. The van der Waals surface area contributed by atoms with Crippen molar-refractivity contribution in [2.24, 2.45) is 0 Å². The van der Waals surface area contributed by atoms with Crippen LogP contribution < -0.4 is 5.32 Å². The Morgan fingerprint density at radius 2 is 1.86 bits per heavy atom. The third-order valence-electron chi connectivity index (χ3n) is 4.27. The van der Waals surface area contributed by atoms with Crippen molar-refractivity contribution >= 4 is 33.4 Å². The van der Waals surface area contributed by atoms with Gasteiger partial charge in [0, 0.05) is 17.7 Å². The van der Waals surface area contributed by atoms with Crippen LogP contribution in [0.1, 0.15) is 26.4 Å². The van der Waals surface area contributed by atoms with E-state index in [1.807, 2.05) is 18.2 Å². The van der Waals surface area contributed by atoms with Crippen LogP contribution in [0.5, 0.6) is 0 Å². The van der Waals surface area contributed by atoms with Crippen molar-refractivity contribution in [1.82, 2.24) is 15.3 Å². The molecular formula is C21H15N3O3S. The van der Waals surface area contributed by atoms with Gasteiger partial charge in [0.1, 0.15) is 5.69 Å². The number of benzene rings is 2. The lowest BCUT2D eigenvalue weighted by atomic mass is 10.1. The topological polar surface area (TPSA) is 92.2 Å². The summed E-state index contributed by atoms with van der Waals surface area (Å²) in [6.45, 7) is 0.398. The van der Waals surface area contributed by atoms with E-state index in [2.05, 4.69) is 15.3 Å². The Bertz CT molecular complexity index is 1190. The summed E-state index contributed by atoms with van der Waals surface area (Å²) in [5.41, 5.74) is 5.35. The average molecular weight is 389 g/mol. The fourth-order valence-corrected chi connectivity index (χ4v) is 3.70. The smallest absolute Gasteiger partial charge is 0.354 e. The van der Waals surface area contributed by atoms with E-state index < -0.39 is 5.97 Å². The van der Waals surface area contributed by atoms with Crippen molar-refractivity contribution in [3.05, 3.63) is 83.0 Å². The number of rotatable bonds is 5. The Labute approximate surface area is 164 Å². The van der Waals surface area contributed by atoms with Crippen LogP contribution in [0, 0.1) is 0 Å². The molecule has 0 fully saturated rings. The van der Waals surface area contributed by atoms with Crippen LogP contribution in [0.3, 0.4) is 0 Å². The lowest BCUT2D eigenvalue weighted by Gasteiger charge is -2.08. The molecule has 1 amide bonds. The van der Waals surface area contributed by atoms with Crippen molar-refractivity contribution in [2.75, 3.05) is 0 Å². The second-order valence-corrected chi connectivity index (χ2v) is 6.95. The molecule has 0 aliphatic carbocycles. The molecule has 0 aliphatic heterocycles. The van der Waals surface area contributed by atoms with Crippen molar-refractivity contribution < 1.29 is 14.7 Å². The molecule has 138 valence electrons. The molecule has 0 unspecified atom stereocenters. The van der Waals surface area contributed by atoms with Gasteiger partial charge in [0.05, 0.1) is 21.4 Å². The first-order chi connectivity index (χ1) is 13.6. The first kappa shape index (κ1) is 17.8. The molecule has 2 aromatic carbocycles. The zero-order valence-corrected chi connectivity index (χ0v) is 15.4. The first-order valence-electron chi connectivity index (χ1n) is 8.52. The minimum absolute atomic E-state index is 0.0370. The van der Waals surface area contributed by atoms with E-state index in [1.54, 1.807) is 53.2 Å². The molecular weight excluding hydrogens is 374 g/mol. The summed E-state index contributed by atoms with van der Waals surface area (Å²) in [6.07, 6.45) is 0. The molecule has 0 aliphatic rings. The number of hydrogen-bond donors (Lipinski definition) is 2. The number of carboxylic acids is 1. The molecule has 2 heterocycles. The summed E-state index contributed by atoms with van der Waals surface area (Å²) >= 11 is 1.55. The van der Waals surface area contributed by atoms with Crippen LogP contribution >= 0.6 is 11.3 Å². The van der Waals surface area contributed by atoms with Crippen molar-refractivity contribution in [1.29, 1.82) is 0 Å². The quantitative estimate of drug-likeness (QED) is 0.538. The number of carbonyl (C=O) groups excluding carboxylic acids is 1. The summed E-state index contributed by atoms with van der Waals surface area (Å²) < 4.78 is 1.06. The summed E-state index contributed by atoms with van der Waals surface area (Å²) in [4.78, 5) is 32.2. The van der Waals surface area contributed by atoms with Gasteiger partial charge in [0.15, 0.2) is 0 Å². The number of hydrogen-bond acceptors (Lipinski definition) is 5. The van der Waals surface area contributed by atoms with Gasteiger partial charge in [0.25, 0.3) is 5.91 Å². The lowest BCUT2D eigenvalue weighted by molar-refractivity contribution is 0.0690. The maximum atomic E-state index is 12.6. The van der Waals surface area contributed by atoms with Gasteiger partial charge in [-0.25, -0.2) is 14.8 Å². The third kappa shape index (κ3) is 3.60. The zero-order chi connectivity index (χ0) is 19.5. The summed E-state index contributed by atoms with van der Waals surface area (Å²) in [5, 5.41) is 12.0. The lowest BCUT2D eigenvalue weighted by Crippen LogP contribution is -2.22. The van der Waals surface area contributed by atoms with Gasteiger partial charge >= 0.3 is 5.97 Å². The Morgan fingerprint density at radius 1 is 1.04 bits per heavy atom. The number of amides is 1. The monoisotopic (exact) mass is 389 g/mol. The number of pyridine rings is 1. The van der Waals surface area contributed by atoms with Gasteiger partial charge in [0.2, 0.25) is 0 Å². The molecule has 0 saturated carbocycles. The molecule has 0 radical (unpaired) electrons. The molecule has 0 saturated heterocycles. The van der Waals surface area contributed by atoms with E-state index >= 15 is 0 Å². The van der Waals surface area contributed by atoms with Crippen LogP contribution in [-0.4, -0.2) is 27.0 Å². The Balaban J connectivity index is 1.54. The van der Waals surface area contributed by atoms with Crippen LogP contribution in [-0.2, 0) is 6.54 Å². The summed E-state index contributed by atoms with van der Waals surface area (Å²) in [7, 11) is 0. The minimum Gasteiger partial charge on any atom is -0.477 e. The zero-order valence-electron chi connectivity index (χ0n) is 14.6. The Kier molecular flexibility index (Phi) is 4.82. The predicted octanol–water partition coefficient (Wildman–Crippen LogP) is 3.99. The summed E-state index contributed by atoms with van der Waals surface area (Å²) in [6, 6.07) is 17.6. The highest BCUT2D eigenvalue weighted by molar-refractivity contribution is 7.16. The van der Waals surface area contributed by atoms with Gasteiger partial charge in [-0.1, -0.05) is 30.3 Å². The maximum absolute atomic E-state index is 12.6. The number of fused-ring (bicyclic) bond motifs is 1. The normalized spacial score (nSPS) is 10.7. The molecule has 0 spiro atoms. The van der Waals surface area contributed by atoms with E-state index in [1.165, 1.54) is 6.07 Å². The van der Waals surface area contributed by atoms with Crippen LogP contribution in [0.25, 0.3) is 21.5 Å². The van der Waals surface area contributed by atoms with E-state index in [-0.39, 0.29) is 11.6 Å². The second kappa shape index (κ2) is 7.58. The van der Waals surface area contributed by atoms with Gasteiger partial charge in [-0.05, 0) is 35.9 Å². The van der Waals surface area contributed by atoms with Gasteiger partial charge in [-0.15, -0.1) is 11.3 Å². The molecule has 6 nitrogen and oxygen atoms in total. The number of carbonyl (C=O) groups is 2. The number of carboxylic acid groups (broad SMARTS) is 1. The minimum atomic E-state index is -1.09. The van der Waals surface area contributed by atoms with Crippen molar-refractivity contribution in [2.45, 2.75) is 6.54 Å². The van der Waals surface area contributed by atoms with Crippen LogP contribution in [0.2, 0.25) is 0 Å². The Hall–Kier alpha value is -3.58. The molecule has 0 atom stereocenters. The van der Waals surface area contributed by atoms with E-state index in [4.69, 9.17) is 5.11 Å². The number of thiazole rings is 1. The van der Waals surface area contributed by atoms with Gasteiger partial charge in [-0.2, -0.15) is 0 Å². The first-order valence-corrected chi connectivity index (χ1v) is 9.40. The van der Waals surface area contributed by atoms with Crippen LogP contribution in [0.15, 0.2) is 66.2 Å². The van der Waals surface area contributed by atoms with E-state index in [9.17, 15) is 9.59 Å². The second-order valence-electron chi connectivity index (χ2n) is 6.09. The molecule has 2 aromatic heterocycles. The standard InChI is InChI=1S/C21H15N3O3S/c25-20(22-11-15-6-2-8-17-19(15)28-12-23-17)14-5-1-4-13(10-14)16-7-3-9-18(24-16)21(26)27/h1-10,12H,11H2,(H,22,25)(H,26,27). The van der Waals surface area contributed by atoms with Crippen molar-refractivity contribution in [3.8, 4) is 11.3 Å². The molecule has 0 bridgehead atoms. The van der Waals surface area contributed by atoms with Crippen molar-refractivity contribution in [3.63, 3.8) is 0 Å². The molecule has 7 heteroatoms. The predicted molar refractivity (Wildman–Crippen MR) is 107 cm³/mol. The van der Waals surface area contributed by atoms with E-state index in [0.29, 0.717) is 23.4 Å². The van der Waals surface area contributed by atoms with Gasteiger partial charge < -0.3 is 10.4 Å². The Morgan fingerprint density at radius 3 is 2.71 bits per heavy atom.